The fourth-order valence-corrected chi connectivity index (χ4v) is 5.01. The molecule has 1 N–H and O–H groups in total. The number of rotatable bonds is 7. The van der Waals surface area contributed by atoms with Crippen LogP contribution in [0.4, 0.5) is 4.39 Å². The van der Waals surface area contributed by atoms with Gasteiger partial charge in [-0.2, -0.15) is 0 Å². The number of fused-ring (bicyclic) bond motifs is 2. The molecular formula is C31H24FN5O4. The van der Waals surface area contributed by atoms with E-state index in [9.17, 15) is 23.6 Å². The molecule has 0 unspecified atom stereocenters. The SMILES string of the molecule is CCCn1c(=O)n(Cc2ccc(F)cc2)c(=O)c2cc(C(=O)c3nc(-c4ccc(=O)[nH]c4)c4ccccn34)ccc21. The number of imidazole rings is 1. The van der Waals surface area contributed by atoms with Gasteiger partial charge in [0.25, 0.3) is 5.56 Å². The Kier molecular flexibility index (Phi) is 6.50. The van der Waals surface area contributed by atoms with E-state index < -0.39 is 22.8 Å². The molecule has 0 aliphatic carbocycles. The topological polar surface area (TPSA) is 111 Å². The normalized spacial score (nSPS) is 11.4. The maximum atomic E-state index is 13.8. The fraction of sp³-hybridized carbons (Fsp3) is 0.129. The summed E-state index contributed by atoms with van der Waals surface area (Å²) in [4.78, 5) is 59.7. The minimum absolute atomic E-state index is 0.0385. The molecule has 0 aliphatic rings. The van der Waals surface area contributed by atoms with Gasteiger partial charge in [0.15, 0.2) is 5.82 Å². The minimum atomic E-state index is -0.543. The Morgan fingerprint density at radius 3 is 2.46 bits per heavy atom. The number of ketones is 1. The molecule has 4 heterocycles. The standard InChI is InChI=1S/C31H24FN5O4/c1-2-14-36-24-12-8-20(16-23(24)30(40)37(31(36)41)18-19-6-10-22(32)11-7-19)28(39)29-34-27(21-9-13-26(38)33-17-21)25-5-3-4-15-35(25)29/h3-13,15-17H,2,14,18H2,1H3,(H,33,38). The minimum Gasteiger partial charge on any atom is -0.328 e. The molecule has 10 heteroatoms. The molecule has 6 rings (SSSR count). The average Bonchev–Trinajstić information content (AvgIpc) is 3.38. The predicted octanol–water partition coefficient (Wildman–Crippen LogP) is 3.99. The number of aromatic nitrogens is 5. The van der Waals surface area contributed by atoms with Gasteiger partial charge in [-0.3, -0.25) is 27.9 Å². The second-order valence-corrected chi connectivity index (χ2v) is 9.69. The van der Waals surface area contributed by atoms with Crippen molar-refractivity contribution >= 4 is 22.2 Å². The number of hydrogen-bond donors (Lipinski definition) is 1. The van der Waals surface area contributed by atoms with E-state index in [2.05, 4.69) is 9.97 Å². The predicted molar refractivity (Wildman–Crippen MR) is 153 cm³/mol. The summed E-state index contributed by atoms with van der Waals surface area (Å²) < 4.78 is 17.7. The van der Waals surface area contributed by atoms with Crippen LogP contribution in [0.2, 0.25) is 0 Å². The first-order chi connectivity index (χ1) is 19.9. The van der Waals surface area contributed by atoms with Crippen molar-refractivity contribution in [2.75, 3.05) is 0 Å². The van der Waals surface area contributed by atoms with E-state index >= 15 is 0 Å². The Morgan fingerprint density at radius 2 is 1.73 bits per heavy atom. The van der Waals surface area contributed by atoms with Gasteiger partial charge in [0, 0.05) is 36.1 Å². The molecule has 0 amide bonds. The Morgan fingerprint density at radius 1 is 0.927 bits per heavy atom. The highest BCUT2D eigenvalue weighted by molar-refractivity contribution is 6.09. The first-order valence-electron chi connectivity index (χ1n) is 13.1. The van der Waals surface area contributed by atoms with Gasteiger partial charge in [-0.1, -0.05) is 25.1 Å². The molecule has 0 saturated heterocycles. The number of aromatic amines is 1. The van der Waals surface area contributed by atoms with Crippen molar-refractivity contribution in [3.8, 4) is 11.3 Å². The zero-order valence-electron chi connectivity index (χ0n) is 22.0. The second kappa shape index (κ2) is 10.3. The molecule has 0 saturated carbocycles. The van der Waals surface area contributed by atoms with Gasteiger partial charge >= 0.3 is 5.69 Å². The van der Waals surface area contributed by atoms with Crippen LogP contribution in [0.3, 0.4) is 0 Å². The van der Waals surface area contributed by atoms with E-state index in [-0.39, 0.29) is 28.9 Å². The van der Waals surface area contributed by atoms with E-state index in [4.69, 9.17) is 0 Å². The van der Waals surface area contributed by atoms with E-state index in [1.54, 1.807) is 41.1 Å². The van der Waals surface area contributed by atoms with Crippen molar-refractivity contribution in [2.45, 2.75) is 26.4 Å². The molecule has 0 spiro atoms. The van der Waals surface area contributed by atoms with Gasteiger partial charge in [-0.05, 0) is 60.5 Å². The zero-order chi connectivity index (χ0) is 28.7. The van der Waals surface area contributed by atoms with Gasteiger partial charge in [0.2, 0.25) is 11.3 Å². The maximum absolute atomic E-state index is 13.8. The van der Waals surface area contributed by atoms with Gasteiger partial charge in [0.1, 0.15) is 5.82 Å². The number of pyridine rings is 2. The quantitative estimate of drug-likeness (QED) is 0.303. The lowest BCUT2D eigenvalue weighted by molar-refractivity contribution is 0.102. The maximum Gasteiger partial charge on any atom is 0.331 e. The lowest BCUT2D eigenvalue weighted by atomic mass is 10.1. The Bertz CT molecular complexity index is 2120. The van der Waals surface area contributed by atoms with Crippen LogP contribution in [-0.2, 0) is 13.1 Å². The summed E-state index contributed by atoms with van der Waals surface area (Å²) in [5, 5.41) is 0.215. The summed E-state index contributed by atoms with van der Waals surface area (Å²) in [6.07, 6.45) is 3.91. The van der Waals surface area contributed by atoms with Crippen LogP contribution in [0, 0.1) is 5.82 Å². The summed E-state index contributed by atoms with van der Waals surface area (Å²) in [5.41, 5.74) is 1.81. The first-order valence-corrected chi connectivity index (χ1v) is 13.1. The molecule has 9 nitrogen and oxygen atoms in total. The lowest BCUT2D eigenvalue weighted by Crippen LogP contribution is -2.40. The van der Waals surface area contributed by atoms with Crippen LogP contribution in [0.5, 0.6) is 0 Å². The highest BCUT2D eigenvalue weighted by Gasteiger charge is 2.22. The van der Waals surface area contributed by atoms with Gasteiger partial charge < -0.3 is 4.98 Å². The van der Waals surface area contributed by atoms with E-state index in [1.807, 2.05) is 19.1 Å². The summed E-state index contributed by atoms with van der Waals surface area (Å²) in [6.45, 7) is 2.26. The molecule has 6 aromatic rings. The van der Waals surface area contributed by atoms with E-state index in [0.29, 0.717) is 40.8 Å². The Hall–Kier alpha value is -5.38. The van der Waals surface area contributed by atoms with Crippen LogP contribution >= 0.6 is 0 Å². The van der Waals surface area contributed by atoms with Gasteiger partial charge in [-0.25, -0.2) is 14.2 Å². The summed E-state index contributed by atoms with van der Waals surface area (Å²) >= 11 is 0. The number of carbonyl (C=O) groups excluding carboxylic acids is 1. The Balaban J connectivity index is 1.50. The number of hydrogen-bond acceptors (Lipinski definition) is 5. The lowest BCUT2D eigenvalue weighted by Gasteiger charge is -2.14. The van der Waals surface area contributed by atoms with Gasteiger partial charge in [-0.15, -0.1) is 0 Å². The number of nitrogens with one attached hydrogen (secondary N) is 1. The van der Waals surface area contributed by atoms with E-state index in [0.717, 1.165) is 4.57 Å². The van der Waals surface area contributed by atoms with Crippen molar-refractivity contribution < 1.29 is 9.18 Å². The molecular weight excluding hydrogens is 525 g/mol. The number of carbonyl (C=O) groups is 1. The molecule has 4 aromatic heterocycles. The van der Waals surface area contributed by atoms with Crippen molar-refractivity contribution in [2.24, 2.45) is 0 Å². The van der Waals surface area contributed by atoms with Crippen molar-refractivity contribution in [1.82, 2.24) is 23.5 Å². The van der Waals surface area contributed by atoms with Crippen LogP contribution < -0.4 is 16.8 Å². The molecule has 0 aliphatic heterocycles. The third-order valence-corrected chi connectivity index (χ3v) is 7.00. The smallest absolute Gasteiger partial charge is 0.328 e. The summed E-state index contributed by atoms with van der Waals surface area (Å²) in [6, 6.07) is 18.8. The number of aryl methyl sites for hydroxylation is 1. The van der Waals surface area contributed by atoms with Gasteiger partial charge in [0.05, 0.1) is 28.7 Å². The van der Waals surface area contributed by atoms with Crippen molar-refractivity contribution in [3.63, 3.8) is 0 Å². The molecule has 0 radical (unpaired) electrons. The third-order valence-electron chi connectivity index (χ3n) is 7.00. The molecule has 2 aromatic carbocycles. The molecule has 0 fully saturated rings. The average molecular weight is 550 g/mol. The number of halogens is 1. The summed E-state index contributed by atoms with van der Waals surface area (Å²) in [7, 11) is 0. The largest absolute Gasteiger partial charge is 0.331 e. The first kappa shape index (κ1) is 25.9. The Labute approximate surface area is 231 Å². The number of benzene rings is 2. The molecule has 0 bridgehead atoms. The zero-order valence-corrected chi connectivity index (χ0v) is 22.0. The molecule has 204 valence electrons. The van der Waals surface area contributed by atoms with E-state index in [1.165, 1.54) is 41.0 Å². The van der Waals surface area contributed by atoms with Crippen LogP contribution in [0.1, 0.15) is 35.1 Å². The van der Waals surface area contributed by atoms with Crippen molar-refractivity contribution in [1.29, 1.82) is 0 Å². The van der Waals surface area contributed by atoms with Crippen LogP contribution in [0.15, 0.2) is 99.6 Å². The molecule has 41 heavy (non-hydrogen) atoms. The van der Waals surface area contributed by atoms with Crippen LogP contribution in [-0.4, -0.2) is 29.3 Å². The van der Waals surface area contributed by atoms with Crippen molar-refractivity contribution in [3.05, 3.63) is 139 Å². The fourth-order valence-electron chi connectivity index (χ4n) is 5.01. The second-order valence-electron chi connectivity index (χ2n) is 9.69. The monoisotopic (exact) mass is 549 g/mol. The number of nitrogens with zero attached hydrogens (tertiary/aromatic N) is 4. The molecule has 0 atom stereocenters. The summed E-state index contributed by atoms with van der Waals surface area (Å²) in [5.74, 6) is -0.697. The highest BCUT2D eigenvalue weighted by atomic mass is 19.1. The highest BCUT2D eigenvalue weighted by Crippen LogP contribution is 2.25. The number of H-pyrrole nitrogens is 1. The third kappa shape index (κ3) is 4.59. The van der Waals surface area contributed by atoms with Crippen LogP contribution in [0.25, 0.3) is 27.7 Å².